The molecule has 162 valence electrons. The molecule has 4 rings (SSSR count). The first-order valence-corrected chi connectivity index (χ1v) is 10.4. The van der Waals surface area contributed by atoms with E-state index in [0.717, 1.165) is 40.8 Å². The summed E-state index contributed by atoms with van der Waals surface area (Å²) in [5.41, 5.74) is 7.81. The van der Waals surface area contributed by atoms with Gasteiger partial charge in [-0.1, -0.05) is 17.7 Å². The number of carbonyl (C=O) groups excluding carboxylic acids is 1. The third-order valence-electron chi connectivity index (χ3n) is 5.87. The molecular weight excluding hydrogens is 394 g/mol. The molecule has 1 aromatic heterocycles. The minimum atomic E-state index is -0.700. The number of aryl methyl sites for hydroxylation is 2. The Morgan fingerprint density at radius 3 is 2.48 bits per heavy atom. The standard InChI is InChI=1S/C24H27N3O4/c1-15-7-8-20-19(13-15)22(21(23(25)28)24(29)26(20)2)27-11-9-16(10-12-27)31-18-6-4-5-17(14-18)30-3/h4-8,13-14,16H,9-12H2,1-3H3,(H2,25,28). The molecule has 1 saturated heterocycles. The molecule has 0 unspecified atom stereocenters. The lowest BCUT2D eigenvalue weighted by atomic mass is 10.0. The van der Waals surface area contributed by atoms with Crippen molar-refractivity contribution in [3.8, 4) is 11.5 Å². The van der Waals surface area contributed by atoms with Crippen LogP contribution in [0.5, 0.6) is 11.5 Å². The number of anilines is 1. The average molecular weight is 421 g/mol. The summed E-state index contributed by atoms with van der Waals surface area (Å²) in [6.45, 7) is 3.31. The smallest absolute Gasteiger partial charge is 0.265 e. The summed E-state index contributed by atoms with van der Waals surface area (Å²) < 4.78 is 12.9. The molecule has 0 saturated carbocycles. The quantitative estimate of drug-likeness (QED) is 0.684. The maximum Gasteiger partial charge on any atom is 0.265 e. The number of rotatable bonds is 5. The Morgan fingerprint density at radius 1 is 1.10 bits per heavy atom. The van der Waals surface area contributed by atoms with Gasteiger partial charge in [0.25, 0.3) is 11.5 Å². The molecule has 0 aliphatic carbocycles. The minimum Gasteiger partial charge on any atom is -0.497 e. The van der Waals surface area contributed by atoms with Crippen LogP contribution in [0.4, 0.5) is 5.69 Å². The van der Waals surface area contributed by atoms with Gasteiger partial charge in [0.15, 0.2) is 0 Å². The Morgan fingerprint density at radius 2 is 1.81 bits per heavy atom. The molecular formula is C24H27N3O4. The van der Waals surface area contributed by atoms with Crippen LogP contribution in [0.15, 0.2) is 47.3 Å². The van der Waals surface area contributed by atoms with Gasteiger partial charge in [0.2, 0.25) is 0 Å². The van der Waals surface area contributed by atoms with Crippen LogP contribution in [0.1, 0.15) is 28.8 Å². The fourth-order valence-corrected chi connectivity index (χ4v) is 4.26. The van der Waals surface area contributed by atoms with E-state index in [0.29, 0.717) is 18.8 Å². The van der Waals surface area contributed by atoms with E-state index in [4.69, 9.17) is 15.2 Å². The molecule has 1 fully saturated rings. The van der Waals surface area contributed by atoms with Crippen molar-refractivity contribution >= 4 is 22.5 Å². The number of fused-ring (bicyclic) bond motifs is 1. The predicted molar refractivity (Wildman–Crippen MR) is 121 cm³/mol. The lowest BCUT2D eigenvalue weighted by Gasteiger charge is -2.35. The lowest BCUT2D eigenvalue weighted by Crippen LogP contribution is -2.41. The van der Waals surface area contributed by atoms with Crippen molar-refractivity contribution in [2.24, 2.45) is 12.8 Å². The highest BCUT2D eigenvalue weighted by atomic mass is 16.5. The molecule has 1 aliphatic heterocycles. The maximum atomic E-state index is 12.9. The fourth-order valence-electron chi connectivity index (χ4n) is 4.26. The van der Waals surface area contributed by atoms with E-state index in [1.54, 1.807) is 14.2 Å². The second-order valence-corrected chi connectivity index (χ2v) is 7.96. The number of benzene rings is 2. The Bertz CT molecular complexity index is 1190. The summed E-state index contributed by atoms with van der Waals surface area (Å²) in [7, 11) is 3.30. The van der Waals surface area contributed by atoms with Gasteiger partial charge in [-0.15, -0.1) is 0 Å². The zero-order valence-corrected chi connectivity index (χ0v) is 18.1. The van der Waals surface area contributed by atoms with Gasteiger partial charge in [-0.25, -0.2) is 0 Å². The summed E-state index contributed by atoms with van der Waals surface area (Å²) >= 11 is 0. The number of piperidine rings is 1. The summed E-state index contributed by atoms with van der Waals surface area (Å²) in [5.74, 6) is 0.821. The van der Waals surface area contributed by atoms with Crippen molar-refractivity contribution in [1.82, 2.24) is 4.57 Å². The Balaban J connectivity index is 1.65. The molecule has 1 aliphatic rings. The summed E-state index contributed by atoms with van der Waals surface area (Å²) in [6, 6.07) is 13.4. The molecule has 2 N–H and O–H groups in total. The second-order valence-electron chi connectivity index (χ2n) is 7.96. The number of aromatic nitrogens is 1. The number of ether oxygens (including phenoxy) is 2. The van der Waals surface area contributed by atoms with Gasteiger partial charge in [-0.3, -0.25) is 9.59 Å². The minimum absolute atomic E-state index is 0.0416. The third kappa shape index (κ3) is 3.95. The molecule has 7 nitrogen and oxygen atoms in total. The molecule has 2 heterocycles. The van der Waals surface area contributed by atoms with E-state index in [2.05, 4.69) is 4.90 Å². The second kappa shape index (κ2) is 8.34. The molecule has 0 atom stereocenters. The molecule has 7 heteroatoms. The number of nitrogens with two attached hydrogens (primary N) is 1. The first-order valence-electron chi connectivity index (χ1n) is 10.4. The topological polar surface area (TPSA) is 86.8 Å². The van der Waals surface area contributed by atoms with Crippen LogP contribution in [0.25, 0.3) is 10.9 Å². The van der Waals surface area contributed by atoms with Crippen molar-refractivity contribution in [3.63, 3.8) is 0 Å². The lowest BCUT2D eigenvalue weighted by molar-refractivity contribution is 0.0999. The molecule has 1 amide bonds. The maximum absolute atomic E-state index is 12.9. The monoisotopic (exact) mass is 421 g/mol. The van der Waals surface area contributed by atoms with E-state index in [1.165, 1.54) is 4.57 Å². The van der Waals surface area contributed by atoms with Gasteiger partial charge < -0.3 is 24.7 Å². The number of pyridine rings is 1. The van der Waals surface area contributed by atoms with Crippen LogP contribution < -0.4 is 25.7 Å². The number of nitrogens with zero attached hydrogens (tertiary/aromatic N) is 2. The number of carbonyl (C=O) groups is 1. The van der Waals surface area contributed by atoms with Crippen molar-refractivity contribution in [1.29, 1.82) is 0 Å². The summed E-state index contributed by atoms with van der Waals surface area (Å²) in [6.07, 6.45) is 1.57. The van der Waals surface area contributed by atoms with E-state index in [1.807, 2.05) is 49.4 Å². The van der Waals surface area contributed by atoms with Crippen LogP contribution >= 0.6 is 0 Å². The van der Waals surface area contributed by atoms with E-state index in [9.17, 15) is 9.59 Å². The highest BCUT2D eigenvalue weighted by Gasteiger charge is 2.28. The van der Waals surface area contributed by atoms with Crippen LogP contribution in [0.3, 0.4) is 0 Å². The molecule has 31 heavy (non-hydrogen) atoms. The zero-order chi connectivity index (χ0) is 22.1. The highest BCUT2D eigenvalue weighted by Crippen LogP contribution is 2.32. The van der Waals surface area contributed by atoms with E-state index < -0.39 is 5.91 Å². The largest absolute Gasteiger partial charge is 0.497 e. The Labute approximate surface area is 181 Å². The average Bonchev–Trinajstić information content (AvgIpc) is 2.76. The fraction of sp³-hybridized carbons (Fsp3) is 0.333. The molecule has 0 radical (unpaired) electrons. The molecule has 0 bridgehead atoms. The van der Waals surface area contributed by atoms with Crippen LogP contribution in [-0.4, -0.2) is 36.8 Å². The summed E-state index contributed by atoms with van der Waals surface area (Å²) in [4.78, 5) is 27.3. The van der Waals surface area contributed by atoms with Crippen molar-refractivity contribution < 1.29 is 14.3 Å². The Kier molecular flexibility index (Phi) is 5.59. The molecule has 2 aromatic carbocycles. The van der Waals surface area contributed by atoms with Gasteiger partial charge in [-0.05, 0) is 31.2 Å². The van der Waals surface area contributed by atoms with Crippen molar-refractivity contribution in [3.05, 3.63) is 63.9 Å². The third-order valence-corrected chi connectivity index (χ3v) is 5.87. The van der Waals surface area contributed by atoms with Gasteiger partial charge >= 0.3 is 0 Å². The van der Waals surface area contributed by atoms with Gasteiger partial charge in [0.05, 0.1) is 18.3 Å². The van der Waals surface area contributed by atoms with Gasteiger partial charge in [0, 0.05) is 44.4 Å². The first kappa shape index (κ1) is 20.8. The van der Waals surface area contributed by atoms with Crippen molar-refractivity contribution in [2.75, 3.05) is 25.1 Å². The predicted octanol–water partition coefficient (Wildman–Crippen LogP) is 3.00. The molecule has 3 aromatic rings. The number of amides is 1. The highest BCUT2D eigenvalue weighted by molar-refractivity contribution is 6.07. The zero-order valence-electron chi connectivity index (χ0n) is 18.1. The molecule has 0 spiro atoms. The van der Waals surface area contributed by atoms with Crippen molar-refractivity contribution in [2.45, 2.75) is 25.9 Å². The Hall–Kier alpha value is -3.48. The number of primary amides is 1. The van der Waals surface area contributed by atoms with Gasteiger partial charge in [-0.2, -0.15) is 0 Å². The number of hydrogen-bond acceptors (Lipinski definition) is 5. The first-order chi connectivity index (χ1) is 14.9. The summed E-state index contributed by atoms with van der Waals surface area (Å²) in [5, 5.41) is 0.864. The number of hydrogen-bond donors (Lipinski definition) is 1. The number of methoxy groups -OCH3 is 1. The van der Waals surface area contributed by atoms with Gasteiger partial charge in [0.1, 0.15) is 23.2 Å². The van der Waals surface area contributed by atoms with E-state index in [-0.39, 0.29) is 17.2 Å². The van der Waals surface area contributed by atoms with E-state index >= 15 is 0 Å². The van der Waals surface area contributed by atoms with Crippen LogP contribution in [0, 0.1) is 6.92 Å². The van der Waals surface area contributed by atoms with Crippen LogP contribution in [-0.2, 0) is 7.05 Å². The SMILES string of the molecule is COc1cccc(OC2CCN(c3c(C(N)=O)c(=O)n(C)c4ccc(C)cc34)CC2)c1. The normalized spacial score (nSPS) is 14.6. The van der Waals surface area contributed by atoms with Crippen LogP contribution in [0.2, 0.25) is 0 Å².